The van der Waals surface area contributed by atoms with E-state index in [1.165, 1.54) is 0 Å². The van der Waals surface area contributed by atoms with Gasteiger partial charge in [0, 0.05) is 12.8 Å². The van der Waals surface area contributed by atoms with Gasteiger partial charge in [0.1, 0.15) is 12.2 Å². The molecule has 2 rings (SSSR count). The maximum Gasteiger partial charge on any atom is 0.161 e. The summed E-state index contributed by atoms with van der Waals surface area (Å²) in [4.78, 5) is 0. The maximum absolute atomic E-state index is 9.94. The van der Waals surface area contributed by atoms with Crippen LogP contribution < -0.4 is 0 Å². The number of ether oxygens (including phenoxy) is 3. The van der Waals surface area contributed by atoms with E-state index >= 15 is 0 Å². The zero-order chi connectivity index (χ0) is 14.2. The minimum absolute atomic E-state index is 0.125. The summed E-state index contributed by atoms with van der Waals surface area (Å²) < 4.78 is 16.1. The second kappa shape index (κ2) is 6.01. The molecule has 0 aromatic heterocycles. The molecule has 0 bridgehead atoms. The Morgan fingerprint density at radius 3 is 2.16 bits per heavy atom. The molecular formula is C12H22O7. The average molecular weight is 278 g/mol. The third-order valence-electron chi connectivity index (χ3n) is 3.67. The first-order valence-corrected chi connectivity index (χ1v) is 6.57. The van der Waals surface area contributed by atoms with Gasteiger partial charge in [0.25, 0.3) is 0 Å². The van der Waals surface area contributed by atoms with Gasteiger partial charge < -0.3 is 34.6 Å². The molecule has 7 nitrogen and oxygen atoms in total. The van der Waals surface area contributed by atoms with Gasteiger partial charge in [-0.2, -0.15) is 0 Å². The topological polar surface area (TPSA) is 109 Å². The highest BCUT2D eigenvalue weighted by molar-refractivity contribution is 4.84. The molecule has 0 aromatic rings. The maximum atomic E-state index is 9.94. The summed E-state index contributed by atoms with van der Waals surface area (Å²) in [5.74, 6) is 0. The molecule has 2 saturated heterocycles. The van der Waals surface area contributed by atoms with Crippen molar-refractivity contribution < 1.29 is 34.6 Å². The van der Waals surface area contributed by atoms with Gasteiger partial charge in [-0.15, -0.1) is 0 Å². The number of rotatable bonds is 2. The lowest BCUT2D eigenvalue weighted by Gasteiger charge is -2.40. The standard InChI is InChI=1S/C12H22O7/c1-5-11(15)7(13)3-10(18-5)19-8-4-9(14)17-6(2)12(8)16/h5-16H,3-4H2,1-2H3/t5-,6-,7-,8-,9-,10+,11-,12-/m1/s1. The molecule has 0 unspecified atom stereocenters. The fraction of sp³-hybridized carbons (Fsp3) is 1.00. The summed E-state index contributed by atoms with van der Waals surface area (Å²) in [5, 5.41) is 38.7. The zero-order valence-corrected chi connectivity index (χ0v) is 11.0. The van der Waals surface area contributed by atoms with Crippen molar-refractivity contribution in [3.8, 4) is 0 Å². The molecule has 7 heteroatoms. The minimum atomic E-state index is -0.986. The Balaban J connectivity index is 1.93. The lowest BCUT2D eigenvalue weighted by atomic mass is 10.0. The molecule has 0 radical (unpaired) electrons. The van der Waals surface area contributed by atoms with Crippen molar-refractivity contribution in [2.75, 3.05) is 0 Å². The molecule has 4 N–H and O–H groups in total. The van der Waals surface area contributed by atoms with Gasteiger partial charge in [-0.05, 0) is 13.8 Å². The van der Waals surface area contributed by atoms with E-state index in [1.54, 1.807) is 13.8 Å². The fourth-order valence-electron chi connectivity index (χ4n) is 2.47. The van der Waals surface area contributed by atoms with E-state index in [4.69, 9.17) is 14.2 Å². The van der Waals surface area contributed by atoms with E-state index in [0.717, 1.165) is 0 Å². The van der Waals surface area contributed by atoms with Crippen molar-refractivity contribution in [3.63, 3.8) is 0 Å². The molecule has 0 aliphatic carbocycles. The van der Waals surface area contributed by atoms with Gasteiger partial charge in [-0.25, -0.2) is 0 Å². The van der Waals surface area contributed by atoms with Crippen molar-refractivity contribution in [1.82, 2.24) is 0 Å². The summed E-state index contributed by atoms with van der Waals surface area (Å²) in [6.45, 7) is 3.29. The predicted molar refractivity (Wildman–Crippen MR) is 63.0 cm³/mol. The summed E-state index contributed by atoms with van der Waals surface area (Å²) in [6.07, 6.45) is -5.89. The quantitative estimate of drug-likeness (QED) is 0.498. The van der Waals surface area contributed by atoms with Gasteiger partial charge in [-0.1, -0.05) is 0 Å². The van der Waals surface area contributed by atoms with Crippen LogP contribution in [0.25, 0.3) is 0 Å². The largest absolute Gasteiger partial charge is 0.390 e. The van der Waals surface area contributed by atoms with Crippen molar-refractivity contribution in [2.24, 2.45) is 0 Å². The Hall–Kier alpha value is -0.280. The van der Waals surface area contributed by atoms with E-state index < -0.39 is 49.2 Å². The summed E-state index contributed by atoms with van der Waals surface area (Å²) in [6, 6.07) is 0. The lowest BCUT2D eigenvalue weighted by molar-refractivity contribution is -0.300. The summed E-state index contributed by atoms with van der Waals surface area (Å²) in [5.41, 5.74) is 0. The number of hydrogen-bond donors (Lipinski definition) is 4. The molecule has 2 aliphatic rings. The van der Waals surface area contributed by atoms with Crippen LogP contribution in [0.5, 0.6) is 0 Å². The van der Waals surface area contributed by atoms with Crippen molar-refractivity contribution in [2.45, 2.75) is 75.9 Å². The van der Waals surface area contributed by atoms with Crippen LogP contribution in [0.1, 0.15) is 26.7 Å². The fourth-order valence-corrected chi connectivity index (χ4v) is 2.47. The molecule has 0 aromatic carbocycles. The SMILES string of the molecule is C[C@H]1O[C@@H](O)C[C@@H](O[C@H]2C[C@@H](O)[C@H](O)[C@@H](C)O2)[C@@H]1O. The average Bonchev–Trinajstić information content (AvgIpc) is 2.32. The molecule has 2 fully saturated rings. The second-order valence-electron chi connectivity index (χ2n) is 5.26. The van der Waals surface area contributed by atoms with Crippen molar-refractivity contribution >= 4 is 0 Å². The van der Waals surface area contributed by atoms with Crippen LogP contribution in [0.4, 0.5) is 0 Å². The van der Waals surface area contributed by atoms with Gasteiger partial charge >= 0.3 is 0 Å². The van der Waals surface area contributed by atoms with Gasteiger partial charge in [0.15, 0.2) is 12.6 Å². The zero-order valence-electron chi connectivity index (χ0n) is 11.0. The molecule has 8 atom stereocenters. The van der Waals surface area contributed by atoms with E-state index in [2.05, 4.69) is 0 Å². The first-order valence-electron chi connectivity index (χ1n) is 6.57. The third-order valence-corrected chi connectivity index (χ3v) is 3.67. The highest BCUT2D eigenvalue weighted by Crippen LogP contribution is 2.27. The number of aliphatic hydroxyl groups is 4. The molecule has 19 heavy (non-hydrogen) atoms. The van der Waals surface area contributed by atoms with Crippen LogP contribution in [0, 0.1) is 0 Å². The molecule has 0 spiro atoms. The van der Waals surface area contributed by atoms with Crippen LogP contribution >= 0.6 is 0 Å². The molecule has 0 saturated carbocycles. The molecule has 2 heterocycles. The minimum Gasteiger partial charge on any atom is -0.390 e. The van der Waals surface area contributed by atoms with E-state index in [1.807, 2.05) is 0 Å². The Morgan fingerprint density at radius 1 is 0.895 bits per heavy atom. The predicted octanol–water partition coefficient (Wildman–Crippen LogP) is -1.28. The smallest absolute Gasteiger partial charge is 0.161 e. The highest BCUT2D eigenvalue weighted by atomic mass is 16.7. The Morgan fingerprint density at radius 2 is 1.53 bits per heavy atom. The Bertz CT molecular complexity index is 288. The van der Waals surface area contributed by atoms with E-state index in [-0.39, 0.29) is 12.8 Å². The lowest BCUT2D eigenvalue weighted by Crippen LogP contribution is -2.53. The van der Waals surface area contributed by atoms with Gasteiger partial charge in [0.2, 0.25) is 0 Å². The van der Waals surface area contributed by atoms with Crippen LogP contribution in [0.2, 0.25) is 0 Å². The molecule has 0 amide bonds. The van der Waals surface area contributed by atoms with Crippen molar-refractivity contribution in [1.29, 1.82) is 0 Å². The van der Waals surface area contributed by atoms with E-state index in [0.29, 0.717) is 0 Å². The Kier molecular flexibility index (Phi) is 4.78. The molecule has 2 aliphatic heterocycles. The van der Waals surface area contributed by atoms with E-state index in [9.17, 15) is 20.4 Å². The summed E-state index contributed by atoms with van der Waals surface area (Å²) in [7, 11) is 0. The van der Waals surface area contributed by atoms with Gasteiger partial charge in [0.05, 0.1) is 24.4 Å². The van der Waals surface area contributed by atoms with Crippen LogP contribution in [-0.2, 0) is 14.2 Å². The number of aliphatic hydroxyl groups excluding tert-OH is 4. The first-order chi connectivity index (χ1) is 8.88. The number of hydrogen-bond acceptors (Lipinski definition) is 7. The normalized spacial score (nSPS) is 52.1. The molecule has 112 valence electrons. The second-order valence-corrected chi connectivity index (χ2v) is 5.26. The van der Waals surface area contributed by atoms with Gasteiger partial charge in [-0.3, -0.25) is 0 Å². The highest BCUT2D eigenvalue weighted by Gasteiger charge is 2.40. The van der Waals surface area contributed by atoms with Crippen molar-refractivity contribution in [3.05, 3.63) is 0 Å². The molecular weight excluding hydrogens is 256 g/mol. The first kappa shape index (κ1) is 15.1. The van der Waals surface area contributed by atoms with Crippen LogP contribution in [0.3, 0.4) is 0 Å². The van der Waals surface area contributed by atoms with Crippen LogP contribution in [0.15, 0.2) is 0 Å². The summed E-state index contributed by atoms with van der Waals surface area (Å²) >= 11 is 0. The monoisotopic (exact) mass is 278 g/mol. The third kappa shape index (κ3) is 3.43. The Labute approximate surface area is 111 Å². The van der Waals surface area contributed by atoms with Crippen LogP contribution in [-0.4, -0.2) is 69.6 Å².